The van der Waals surface area contributed by atoms with E-state index in [1.54, 1.807) is 25.3 Å². The second kappa shape index (κ2) is 8.70. The van der Waals surface area contributed by atoms with Crippen molar-refractivity contribution in [3.63, 3.8) is 0 Å². The average Bonchev–Trinajstić information content (AvgIpc) is 3.27. The third kappa shape index (κ3) is 3.80. The fourth-order valence-electron chi connectivity index (χ4n) is 5.57. The van der Waals surface area contributed by atoms with Crippen molar-refractivity contribution in [3.8, 4) is 17.6 Å². The zero-order valence-electron chi connectivity index (χ0n) is 17.6. The number of ether oxygens (including phenoxy) is 1. The fourth-order valence-corrected chi connectivity index (χ4v) is 5.57. The Morgan fingerprint density at radius 3 is 2.74 bits per heavy atom. The van der Waals surface area contributed by atoms with Crippen LogP contribution in [0.2, 0.25) is 0 Å². The van der Waals surface area contributed by atoms with Crippen molar-refractivity contribution in [1.82, 2.24) is 5.32 Å². The zero-order valence-corrected chi connectivity index (χ0v) is 17.6. The summed E-state index contributed by atoms with van der Waals surface area (Å²) in [7, 11) is 1.58. The van der Waals surface area contributed by atoms with Gasteiger partial charge in [-0.05, 0) is 37.4 Å². The number of methoxy groups -OCH3 is 1. The number of para-hydroxylation sites is 2. The predicted molar refractivity (Wildman–Crippen MR) is 116 cm³/mol. The number of phenolic OH excluding ortho intramolecular Hbond substituents is 1. The number of aromatic hydroxyl groups is 1. The summed E-state index contributed by atoms with van der Waals surface area (Å²) < 4.78 is 5.54. The van der Waals surface area contributed by atoms with Crippen LogP contribution in [0.3, 0.4) is 0 Å². The highest BCUT2D eigenvalue weighted by atomic mass is 16.5. The number of ketones is 1. The SMILES string of the molecule is COc1ccccc1[C@]1(O)C[C@@H](C(=O)C(CC#N)c2ccccc2O)C[C@H]2CNC[C@H]21. The van der Waals surface area contributed by atoms with Gasteiger partial charge in [0.05, 0.1) is 24.7 Å². The molecule has 3 N–H and O–H groups in total. The molecule has 0 bridgehead atoms. The lowest BCUT2D eigenvalue weighted by Gasteiger charge is -2.45. The molecule has 0 amide bonds. The summed E-state index contributed by atoms with van der Waals surface area (Å²) in [6.07, 6.45) is 0.917. The molecule has 1 aliphatic carbocycles. The van der Waals surface area contributed by atoms with Gasteiger partial charge in [-0.25, -0.2) is 0 Å². The zero-order chi connectivity index (χ0) is 22.0. The first-order valence-corrected chi connectivity index (χ1v) is 10.7. The predicted octanol–water partition coefficient (Wildman–Crippen LogP) is 3.10. The second-order valence-electron chi connectivity index (χ2n) is 8.66. The Kier molecular flexibility index (Phi) is 5.99. The molecule has 1 saturated carbocycles. The molecule has 5 atom stereocenters. The lowest BCUT2D eigenvalue weighted by atomic mass is 9.61. The van der Waals surface area contributed by atoms with Crippen LogP contribution in [0.4, 0.5) is 0 Å². The quantitative estimate of drug-likeness (QED) is 0.664. The third-order valence-electron chi connectivity index (χ3n) is 7.02. The molecule has 162 valence electrons. The van der Waals surface area contributed by atoms with Crippen LogP contribution in [0.5, 0.6) is 11.5 Å². The number of nitrogens with zero attached hydrogens (tertiary/aromatic N) is 1. The van der Waals surface area contributed by atoms with E-state index >= 15 is 0 Å². The van der Waals surface area contributed by atoms with E-state index in [1.165, 1.54) is 6.07 Å². The van der Waals surface area contributed by atoms with Crippen molar-refractivity contribution in [2.75, 3.05) is 20.2 Å². The summed E-state index contributed by atoms with van der Waals surface area (Å²) in [6, 6.07) is 16.2. The van der Waals surface area contributed by atoms with Gasteiger partial charge in [0.1, 0.15) is 17.3 Å². The van der Waals surface area contributed by atoms with Crippen molar-refractivity contribution >= 4 is 5.78 Å². The molecule has 1 heterocycles. The molecular weight excluding hydrogens is 392 g/mol. The molecule has 1 saturated heterocycles. The van der Waals surface area contributed by atoms with Crippen LogP contribution in [-0.4, -0.2) is 36.2 Å². The maximum atomic E-state index is 13.7. The highest BCUT2D eigenvalue weighted by Crippen LogP contribution is 2.51. The number of phenols is 1. The lowest BCUT2D eigenvalue weighted by molar-refractivity contribution is -0.136. The van der Waals surface area contributed by atoms with Crippen molar-refractivity contribution in [2.45, 2.75) is 30.8 Å². The number of nitriles is 1. The number of hydrogen-bond donors (Lipinski definition) is 3. The Labute approximate surface area is 182 Å². The minimum absolute atomic E-state index is 0.00760. The molecule has 1 unspecified atom stereocenters. The normalized spacial score (nSPS) is 28.4. The third-order valence-corrected chi connectivity index (χ3v) is 7.02. The van der Waals surface area contributed by atoms with Gasteiger partial charge in [-0.2, -0.15) is 5.26 Å². The molecular formula is C25H28N2O4. The van der Waals surface area contributed by atoms with Crippen LogP contribution in [-0.2, 0) is 10.4 Å². The van der Waals surface area contributed by atoms with Gasteiger partial charge in [-0.3, -0.25) is 4.79 Å². The molecule has 0 spiro atoms. The first kappa shape index (κ1) is 21.4. The summed E-state index contributed by atoms with van der Waals surface area (Å²) in [5.74, 6) is -0.484. The van der Waals surface area contributed by atoms with E-state index in [0.29, 0.717) is 29.8 Å². The molecule has 0 aromatic heterocycles. The summed E-state index contributed by atoms with van der Waals surface area (Å²) in [4.78, 5) is 13.7. The number of Topliss-reactive ketones (excluding diaryl/α,β-unsaturated/α-hetero) is 1. The molecule has 4 rings (SSSR count). The topological polar surface area (TPSA) is 103 Å². The van der Waals surface area contributed by atoms with E-state index in [9.17, 15) is 20.3 Å². The summed E-state index contributed by atoms with van der Waals surface area (Å²) >= 11 is 0. The maximum absolute atomic E-state index is 13.7. The van der Waals surface area contributed by atoms with Crippen LogP contribution in [0.1, 0.15) is 36.3 Å². The van der Waals surface area contributed by atoms with Crippen LogP contribution in [0, 0.1) is 29.1 Å². The van der Waals surface area contributed by atoms with Gasteiger partial charge in [0, 0.05) is 35.9 Å². The van der Waals surface area contributed by atoms with E-state index in [-0.39, 0.29) is 36.2 Å². The minimum atomic E-state index is -1.21. The standard InChI is InChI=1S/C25H28N2O4/c1-31-23-9-5-3-7-20(23)25(30)13-16(12-17-14-27-15-21(17)25)24(29)19(10-11-26)18-6-2-4-8-22(18)28/h2-9,16-17,19,21,27-28,30H,10,12-15H2,1H3/t16-,17-,19?,21+,25+/m0/s1. The smallest absolute Gasteiger partial charge is 0.144 e. The Bertz CT molecular complexity index is 1000. The van der Waals surface area contributed by atoms with Gasteiger partial charge in [0.15, 0.2) is 0 Å². The lowest BCUT2D eigenvalue weighted by Crippen LogP contribution is -2.48. The largest absolute Gasteiger partial charge is 0.508 e. The van der Waals surface area contributed by atoms with Crippen molar-refractivity contribution in [3.05, 3.63) is 59.7 Å². The number of carbonyl (C=O) groups is 1. The summed E-state index contributed by atoms with van der Waals surface area (Å²) in [6.45, 7) is 1.42. The monoisotopic (exact) mass is 420 g/mol. The van der Waals surface area contributed by atoms with E-state index in [4.69, 9.17) is 4.74 Å². The van der Waals surface area contributed by atoms with Crippen LogP contribution in [0.15, 0.2) is 48.5 Å². The molecule has 6 nitrogen and oxygen atoms in total. The number of rotatable bonds is 6. The highest BCUT2D eigenvalue weighted by Gasteiger charge is 2.53. The Balaban J connectivity index is 1.71. The average molecular weight is 421 g/mol. The second-order valence-corrected chi connectivity index (χ2v) is 8.66. The summed E-state index contributed by atoms with van der Waals surface area (Å²) in [5, 5.41) is 35.1. The Hall–Kier alpha value is -2.88. The maximum Gasteiger partial charge on any atom is 0.144 e. The van der Waals surface area contributed by atoms with Gasteiger partial charge in [-0.15, -0.1) is 0 Å². The van der Waals surface area contributed by atoms with E-state index < -0.39 is 17.4 Å². The molecule has 2 aromatic rings. The Morgan fingerprint density at radius 1 is 1.26 bits per heavy atom. The number of hydrogen-bond acceptors (Lipinski definition) is 6. The molecule has 2 aliphatic rings. The molecule has 6 heteroatoms. The van der Waals surface area contributed by atoms with Crippen LogP contribution >= 0.6 is 0 Å². The van der Waals surface area contributed by atoms with E-state index in [2.05, 4.69) is 11.4 Å². The van der Waals surface area contributed by atoms with Crippen molar-refractivity contribution in [2.24, 2.45) is 17.8 Å². The fraction of sp³-hybridized carbons (Fsp3) is 0.440. The Morgan fingerprint density at radius 2 is 2.00 bits per heavy atom. The molecule has 31 heavy (non-hydrogen) atoms. The van der Waals surface area contributed by atoms with Crippen molar-refractivity contribution < 1.29 is 19.7 Å². The number of nitrogens with one attached hydrogen (secondary N) is 1. The number of fused-ring (bicyclic) bond motifs is 1. The summed E-state index contributed by atoms with van der Waals surface area (Å²) in [5.41, 5.74) is -0.0374. The van der Waals surface area contributed by atoms with Gasteiger partial charge >= 0.3 is 0 Å². The highest BCUT2D eigenvalue weighted by molar-refractivity contribution is 5.89. The number of benzene rings is 2. The van der Waals surface area contributed by atoms with E-state index in [1.807, 2.05) is 24.3 Å². The van der Waals surface area contributed by atoms with Crippen LogP contribution in [0.25, 0.3) is 0 Å². The van der Waals surface area contributed by atoms with Gasteiger partial charge in [-0.1, -0.05) is 36.4 Å². The number of aliphatic hydroxyl groups is 1. The molecule has 1 aliphatic heterocycles. The molecule has 0 radical (unpaired) electrons. The molecule has 2 fully saturated rings. The van der Waals surface area contributed by atoms with Crippen molar-refractivity contribution in [1.29, 1.82) is 5.26 Å². The molecule has 2 aromatic carbocycles. The number of carbonyl (C=O) groups excluding carboxylic acids is 1. The van der Waals surface area contributed by atoms with Gasteiger partial charge in [0.25, 0.3) is 0 Å². The first-order chi connectivity index (χ1) is 15.0. The first-order valence-electron chi connectivity index (χ1n) is 10.7. The minimum Gasteiger partial charge on any atom is -0.508 e. The van der Waals surface area contributed by atoms with E-state index in [0.717, 1.165) is 6.54 Å². The van der Waals surface area contributed by atoms with Gasteiger partial charge in [0.2, 0.25) is 0 Å². The van der Waals surface area contributed by atoms with Crippen LogP contribution < -0.4 is 10.1 Å². The van der Waals surface area contributed by atoms with Gasteiger partial charge < -0.3 is 20.3 Å².